The van der Waals surface area contributed by atoms with Gasteiger partial charge in [0.15, 0.2) is 0 Å². The number of hydrogen-bond donors (Lipinski definition) is 0. The summed E-state index contributed by atoms with van der Waals surface area (Å²) >= 11 is 0. The van der Waals surface area contributed by atoms with Gasteiger partial charge < -0.3 is 4.57 Å². The predicted molar refractivity (Wildman–Crippen MR) is 89.7 cm³/mol. The fourth-order valence-electron chi connectivity index (χ4n) is 3.01. The van der Waals surface area contributed by atoms with E-state index >= 15 is 0 Å². The van der Waals surface area contributed by atoms with Gasteiger partial charge in [0.25, 0.3) is 5.69 Å². The molecule has 0 amide bonds. The Balaban J connectivity index is 2.12. The average molecular weight is 325 g/mol. The van der Waals surface area contributed by atoms with Gasteiger partial charge in [-0.3, -0.25) is 20.2 Å². The highest BCUT2D eigenvalue weighted by Crippen LogP contribution is 2.33. The summed E-state index contributed by atoms with van der Waals surface area (Å²) < 4.78 is 1.93. The van der Waals surface area contributed by atoms with Crippen LogP contribution in [0.3, 0.4) is 0 Å². The molecule has 1 heterocycles. The van der Waals surface area contributed by atoms with E-state index in [4.69, 9.17) is 0 Å². The Bertz CT molecular complexity index is 915. The maximum absolute atomic E-state index is 11.2. The van der Waals surface area contributed by atoms with Crippen molar-refractivity contribution >= 4 is 16.6 Å². The first kappa shape index (κ1) is 15.7. The molecule has 0 saturated heterocycles. The molecule has 24 heavy (non-hydrogen) atoms. The molecule has 0 saturated carbocycles. The number of non-ortho nitro benzene ring substituents is 1. The van der Waals surface area contributed by atoms with Crippen LogP contribution < -0.4 is 0 Å². The zero-order valence-electron chi connectivity index (χ0n) is 13.0. The molecule has 122 valence electrons. The molecule has 3 rings (SSSR count). The molecule has 0 fully saturated rings. The number of nitro groups is 2. The Morgan fingerprint density at radius 3 is 2.33 bits per heavy atom. The second kappa shape index (κ2) is 6.11. The summed E-state index contributed by atoms with van der Waals surface area (Å²) in [5.41, 5.74) is 2.49. The van der Waals surface area contributed by atoms with Gasteiger partial charge in [-0.25, -0.2) is 0 Å². The lowest BCUT2D eigenvalue weighted by atomic mass is 9.91. The van der Waals surface area contributed by atoms with Crippen molar-refractivity contribution in [2.24, 2.45) is 7.05 Å². The monoisotopic (exact) mass is 325 g/mol. The van der Waals surface area contributed by atoms with Crippen LogP contribution in [0, 0.1) is 20.2 Å². The van der Waals surface area contributed by atoms with Gasteiger partial charge in [-0.2, -0.15) is 0 Å². The molecule has 3 aromatic rings. The molecular formula is C17H15N3O4. The molecule has 0 radical (unpaired) electrons. The number of rotatable bonds is 5. The molecule has 0 bridgehead atoms. The van der Waals surface area contributed by atoms with Crippen LogP contribution in [0.1, 0.15) is 17.0 Å². The van der Waals surface area contributed by atoms with E-state index < -0.39 is 10.8 Å². The van der Waals surface area contributed by atoms with Gasteiger partial charge in [-0.1, -0.05) is 30.3 Å². The highest BCUT2D eigenvalue weighted by molar-refractivity contribution is 5.85. The Morgan fingerprint density at radius 2 is 1.71 bits per heavy atom. The van der Waals surface area contributed by atoms with E-state index in [2.05, 4.69) is 0 Å². The fraction of sp³-hybridized carbons (Fsp3) is 0.176. The second-order valence-electron chi connectivity index (χ2n) is 5.63. The third kappa shape index (κ3) is 2.83. The van der Waals surface area contributed by atoms with E-state index in [1.54, 1.807) is 12.1 Å². The van der Waals surface area contributed by atoms with Gasteiger partial charge >= 0.3 is 0 Å². The molecule has 7 heteroatoms. The summed E-state index contributed by atoms with van der Waals surface area (Å²) in [4.78, 5) is 21.1. The molecule has 0 aliphatic rings. The first-order valence-electron chi connectivity index (χ1n) is 7.37. The van der Waals surface area contributed by atoms with Crippen LogP contribution in [0.25, 0.3) is 10.9 Å². The summed E-state index contributed by atoms with van der Waals surface area (Å²) in [6.07, 6.45) is 1.89. The van der Waals surface area contributed by atoms with E-state index in [9.17, 15) is 20.2 Å². The summed E-state index contributed by atoms with van der Waals surface area (Å²) in [5.74, 6) is -0.466. The second-order valence-corrected chi connectivity index (χ2v) is 5.63. The van der Waals surface area contributed by atoms with Gasteiger partial charge in [0.2, 0.25) is 6.54 Å². The zero-order valence-corrected chi connectivity index (χ0v) is 13.0. The van der Waals surface area contributed by atoms with Crippen molar-refractivity contribution in [2.45, 2.75) is 5.92 Å². The van der Waals surface area contributed by atoms with Crippen LogP contribution in [-0.4, -0.2) is 21.0 Å². The van der Waals surface area contributed by atoms with E-state index in [-0.39, 0.29) is 17.2 Å². The molecule has 1 aromatic heterocycles. The highest BCUT2D eigenvalue weighted by Gasteiger charge is 2.24. The van der Waals surface area contributed by atoms with Crippen LogP contribution in [0.4, 0.5) is 5.69 Å². The van der Waals surface area contributed by atoms with E-state index in [0.29, 0.717) is 5.56 Å². The minimum atomic E-state index is -0.482. The summed E-state index contributed by atoms with van der Waals surface area (Å²) in [5, 5.41) is 22.9. The van der Waals surface area contributed by atoms with Gasteiger partial charge in [0.05, 0.1) is 10.8 Å². The number of para-hydroxylation sites is 1. The number of aryl methyl sites for hydroxylation is 1. The molecule has 2 aromatic carbocycles. The maximum Gasteiger partial charge on any atom is 0.269 e. The molecule has 0 N–H and O–H groups in total. The minimum absolute atomic E-state index is 0.0310. The normalized spacial score (nSPS) is 12.2. The lowest BCUT2D eigenvalue weighted by Gasteiger charge is -2.12. The van der Waals surface area contributed by atoms with Crippen LogP contribution in [0.2, 0.25) is 0 Å². The number of fused-ring (bicyclic) bond motifs is 1. The first-order chi connectivity index (χ1) is 11.5. The summed E-state index contributed by atoms with van der Waals surface area (Å²) in [7, 11) is 1.89. The third-order valence-electron chi connectivity index (χ3n) is 4.14. The highest BCUT2D eigenvalue weighted by atomic mass is 16.6. The number of aromatic nitrogens is 1. The van der Waals surface area contributed by atoms with E-state index in [1.165, 1.54) is 12.1 Å². The van der Waals surface area contributed by atoms with Gasteiger partial charge in [0, 0.05) is 41.2 Å². The predicted octanol–water partition coefficient (Wildman–Crippen LogP) is 3.50. The molecule has 1 unspecified atom stereocenters. The Kier molecular flexibility index (Phi) is 3.99. The minimum Gasteiger partial charge on any atom is -0.350 e. The van der Waals surface area contributed by atoms with Crippen LogP contribution in [0.15, 0.2) is 54.7 Å². The Morgan fingerprint density at radius 1 is 1.04 bits per heavy atom. The van der Waals surface area contributed by atoms with E-state index in [1.807, 2.05) is 42.1 Å². The first-order valence-corrected chi connectivity index (χ1v) is 7.37. The van der Waals surface area contributed by atoms with Crippen molar-refractivity contribution < 1.29 is 9.85 Å². The number of nitro benzene ring substituents is 1. The smallest absolute Gasteiger partial charge is 0.269 e. The third-order valence-corrected chi connectivity index (χ3v) is 4.14. The maximum atomic E-state index is 11.2. The molecule has 0 spiro atoms. The van der Waals surface area contributed by atoms with Crippen LogP contribution in [-0.2, 0) is 7.05 Å². The van der Waals surface area contributed by atoms with Gasteiger partial charge in [-0.05, 0) is 17.2 Å². The largest absolute Gasteiger partial charge is 0.350 e. The van der Waals surface area contributed by atoms with Crippen molar-refractivity contribution in [1.82, 2.24) is 4.57 Å². The lowest BCUT2D eigenvalue weighted by molar-refractivity contribution is -0.481. The number of benzene rings is 2. The topological polar surface area (TPSA) is 91.2 Å². The summed E-state index contributed by atoms with van der Waals surface area (Å²) in [6.45, 7) is -0.272. The molecule has 0 aliphatic heterocycles. The van der Waals surface area contributed by atoms with Crippen LogP contribution in [0.5, 0.6) is 0 Å². The molecule has 0 aliphatic carbocycles. The zero-order chi connectivity index (χ0) is 17.3. The Hall–Kier alpha value is -3.22. The lowest BCUT2D eigenvalue weighted by Crippen LogP contribution is -2.13. The van der Waals surface area contributed by atoms with Crippen molar-refractivity contribution in [3.8, 4) is 0 Å². The molecule has 7 nitrogen and oxygen atoms in total. The van der Waals surface area contributed by atoms with Crippen molar-refractivity contribution in [3.63, 3.8) is 0 Å². The average Bonchev–Trinajstić information content (AvgIpc) is 2.90. The van der Waals surface area contributed by atoms with E-state index in [0.717, 1.165) is 16.5 Å². The quantitative estimate of drug-likeness (QED) is 0.530. The van der Waals surface area contributed by atoms with Crippen molar-refractivity contribution in [3.05, 3.63) is 86.1 Å². The van der Waals surface area contributed by atoms with Crippen LogP contribution >= 0.6 is 0 Å². The SMILES string of the molecule is Cn1cc(C(C[N+](=O)[O-])c2ccc([N+](=O)[O-])cc2)c2ccccc21. The van der Waals surface area contributed by atoms with Gasteiger partial charge in [-0.15, -0.1) is 0 Å². The standard InChI is InChI=1S/C17H15N3O4/c1-18-10-16(14-4-2-3-5-17(14)18)15(11-19(21)22)12-6-8-13(9-7-12)20(23)24/h2-10,15H,11H2,1H3. The van der Waals surface area contributed by atoms with Crippen molar-refractivity contribution in [1.29, 1.82) is 0 Å². The summed E-state index contributed by atoms with van der Waals surface area (Å²) in [6, 6.07) is 13.6. The number of hydrogen-bond acceptors (Lipinski definition) is 4. The Labute approximate surface area is 137 Å². The van der Waals surface area contributed by atoms with Gasteiger partial charge in [0.1, 0.15) is 0 Å². The fourth-order valence-corrected chi connectivity index (χ4v) is 3.01. The van der Waals surface area contributed by atoms with Crippen molar-refractivity contribution in [2.75, 3.05) is 6.54 Å². The molecule has 1 atom stereocenters. The molecular weight excluding hydrogens is 310 g/mol. The number of nitrogens with zero attached hydrogens (tertiary/aromatic N) is 3.